The second-order valence-electron chi connectivity index (χ2n) is 15.4. The smallest absolute Gasteiger partial charge is 0.407 e. The molecule has 16 nitrogen and oxygen atoms in total. The number of nitrogens with one attached hydrogen (secondary N) is 3. The number of methoxy groups -OCH3 is 1. The zero-order valence-corrected chi connectivity index (χ0v) is 36.7. The molecule has 60 heavy (non-hydrogen) atoms. The number of ether oxygens (including phenoxy) is 5. The Morgan fingerprint density at radius 3 is 2.32 bits per heavy atom. The molecule has 2 aliphatic heterocycles. The molecule has 5 rings (SSSR count). The van der Waals surface area contributed by atoms with Crippen LogP contribution in [-0.4, -0.2) is 119 Å². The Labute approximate surface area is 353 Å². The topological polar surface area (TPSA) is 203 Å². The van der Waals surface area contributed by atoms with E-state index in [1.165, 1.54) is 23.5 Å². The minimum Gasteiger partial charge on any atom is -0.497 e. The lowest BCUT2D eigenvalue weighted by Crippen LogP contribution is -2.51. The van der Waals surface area contributed by atoms with E-state index in [4.69, 9.17) is 28.2 Å². The van der Waals surface area contributed by atoms with E-state index in [2.05, 4.69) is 15.7 Å². The molecule has 2 unspecified atom stereocenters. The van der Waals surface area contributed by atoms with Crippen molar-refractivity contribution >= 4 is 23.6 Å². The number of carbonyl (C=O) groups excluding carboxylic acids is 1. The number of nitrogens with zero attached hydrogens (tertiary/aromatic N) is 1. The number of fused-ring (bicyclic) bond motifs is 1. The predicted octanol–water partition coefficient (Wildman–Crippen LogP) is 4.50. The summed E-state index contributed by atoms with van der Waals surface area (Å²) in [6.07, 6.45) is -3.21. The minimum absolute atomic E-state index is 0.0524. The lowest BCUT2D eigenvalue weighted by Gasteiger charge is -2.31. The average Bonchev–Trinajstić information content (AvgIpc) is 3.85. The molecular formula is C42H61N4O12PS. The fourth-order valence-electron chi connectivity index (χ4n) is 7.05. The number of benzene rings is 3. The van der Waals surface area contributed by atoms with Crippen LogP contribution >= 0.6 is 7.52 Å². The van der Waals surface area contributed by atoms with Gasteiger partial charge in [-0.3, -0.25) is 4.57 Å². The molecule has 2 saturated heterocycles. The first-order valence-corrected chi connectivity index (χ1v) is 23.7. The van der Waals surface area contributed by atoms with Gasteiger partial charge in [0.05, 0.1) is 55.5 Å². The average molecular weight is 877 g/mol. The normalized spacial score (nSPS) is 20.9. The summed E-state index contributed by atoms with van der Waals surface area (Å²) in [6, 6.07) is 20.8. The zero-order valence-electron chi connectivity index (χ0n) is 35.0. The van der Waals surface area contributed by atoms with Gasteiger partial charge in [-0.25, -0.2) is 18.3 Å². The SMILES string of the molecule is CCOC(O)[C@H](C)NP(=O)(CCNCc1ccc(C[C@H](NC(=O)O[C@H]2CO[C@H]3OCC[C@H]32)[C@H](O)CN(CC(C)C)S(=O)(=O)c2ccc(OC)cc2)cc1)Oc1ccccc1. The van der Waals surface area contributed by atoms with Gasteiger partial charge in [-0.05, 0) is 80.1 Å². The quantitative estimate of drug-likeness (QED) is 0.0478. The number of aliphatic hydroxyl groups is 2. The van der Waals surface area contributed by atoms with Crippen molar-refractivity contribution in [2.24, 2.45) is 11.8 Å². The molecule has 332 valence electrons. The van der Waals surface area contributed by atoms with E-state index in [1.807, 2.05) is 44.2 Å². The Morgan fingerprint density at radius 1 is 0.950 bits per heavy atom. The molecule has 0 saturated carbocycles. The summed E-state index contributed by atoms with van der Waals surface area (Å²) in [5, 5.41) is 31.2. The van der Waals surface area contributed by atoms with Crippen LogP contribution in [-0.2, 0) is 46.5 Å². The minimum atomic E-state index is -4.04. The van der Waals surface area contributed by atoms with Gasteiger partial charge in [0.25, 0.3) is 0 Å². The molecule has 1 amide bonds. The highest BCUT2D eigenvalue weighted by Crippen LogP contribution is 2.43. The number of hydrogen-bond acceptors (Lipinski definition) is 13. The van der Waals surface area contributed by atoms with Crippen molar-refractivity contribution in [3.05, 3.63) is 90.0 Å². The largest absolute Gasteiger partial charge is 0.497 e. The van der Waals surface area contributed by atoms with Crippen molar-refractivity contribution in [1.29, 1.82) is 0 Å². The standard InChI is InChI=1S/C42H61N4O12PS/c1-6-54-40(48)30(4)45-59(50,58-34-10-8-7-9-11-34)23-21-43-25-32-14-12-31(13-15-32)24-37(44-42(49)57-39-28-56-41-36(39)20-22-55-41)38(47)27-46(26-29(2)3)60(51,52)35-18-16-33(53-5)17-19-35/h7-19,29-30,36-41,43,47-48H,6,20-28H2,1-5H3,(H,44,49)(H,45,50)/t30-,36-,37-,38+,39-,40?,41+,59?/m0/s1. The molecule has 5 N–H and O–H groups in total. The van der Waals surface area contributed by atoms with Crippen molar-refractivity contribution in [3.8, 4) is 11.5 Å². The molecule has 2 aliphatic rings. The fourth-order valence-corrected chi connectivity index (χ4v) is 10.6. The van der Waals surface area contributed by atoms with E-state index in [0.29, 0.717) is 44.2 Å². The van der Waals surface area contributed by atoms with Crippen LogP contribution in [0, 0.1) is 11.8 Å². The number of rotatable bonds is 24. The third-order valence-electron chi connectivity index (χ3n) is 10.2. The third kappa shape index (κ3) is 13.7. The molecule has 3 aromatic carbocycles. The summed E-state index contributed by atoms with van der Waals surface area (Å²) >= 11 is 0. The van der Waals surface area contributed by atoms with Crippen molar-refractivity contribution < 1.29 is 56.2 Å². The third-order valence-corrected chi connectivity index (χ3v) is 14.2. The van der Waals surface area contributed by atoms with E-state index in [-0.39, 0.29) is 49.0 Å². The number of carbonyl (C=O) groups is 1. The van der Waals surface area contributed by atoms with E-state index in [1.54, 1.807) is 50.2 Å². The summed E-state index contributed by atoms with van der Waals surface area (Å²) in [7, 11) is -6.03. The van der Waals surface area contributed by atoms with Crippen LogP contribution < -0.4 is 25.0 Å². The first-order chi connectivity index (χ1) is 28.7. The molecular weight excluding hydrogens is 816 g/mol. The van der Waals surface area contributed by atoms with E-state index in [0.717, 1.165) is 11.1 Å². The monoisotopic (exact) mass is 876 g/mol. The Morgan fingerprint density at radius 2 is 1.65 bits per heavy atom. The van der Waals surface area contributed by atoms with Crippen LogP contribution in [0.25, 0.3) is 0 Å². The molecule has 8 atom stereocenters. The summed E-state index contributed by atoms with van der Waals surface area (Å²) in [5.41, 5.74) is 1.69. The van der Waals surface area contributed by atoms with Crippen LogP contribution in [0.1, 0.15) is 45.2 Å². The highest BCUT2D eigenvalue weighted by Gasteiger charge is 2.44. The first-order valence-electron chi connectivity index (χ1n) is 20.4. The second-order valence-corrected chi connectivity index (χ2v) is 19.6. The van der Waals surface area contributed by atoms with Crippen molar-refractivity contribution in [1.82, 2.24) is 20.0 Å². The molecule has 2 fully saturated rings. The van der Waals surface area contributed by atoms with Crippen LogP contribution in [0.4, 0.5) is 4.79 Å². The molecule has 0 aliphatic carbocycles. The number of hydrogen-bond donors (Lipinski definition) is 5. The molecule has 0 bridgehead atoms. The highest BCUT2D eigenvalue weighted by atomic mass is 32.2. The van der Waals surface area contributed by atoms with Gasteiger partial charge in [0.2, 0.25) is 10.0 Å². The second kappa shape index (κ2) is 22.5. The van der Waals surface area contributed by atoms with Gasteiger partial charge in [0.1, 0.15) is 17.6 Å². The summed E-state index contributed by atoms with van der Waals surface area (Å²) in [6.45, 7) is 8.81. The van der Waals surface area contributed by atoms with Crippen LogP contribution in [0.15, 0.2) is 83.8 Å². The number of amides is 1. The number of para-hydroxylation sites is 1. The van der Waals surface area contributed by atoms with Gasteiger partial charge in [-0.15, -0.1) is 0 Å². The van der Waals surface area contributed by atoms with Crippen molar-refractivity contribution in [3.63, 3.8) is 0 Å². The van der Waals surface area contributed by atoms with E-state index >= 15 is 0 Å². The fraction of sp³-hybridized carbons (Fsp3) is 0.548. The van der Waals surface area contributed by atoms with E-state index < -0.39 is 60.5 Å². The number of alkyl carbamates (subject to hydrolysis) is 1. The first kappa shape index (κ1) is 47.4. The molecule has 0 radical (unpaired) electrons. The Kier molecular flexibility index (Phi) is 17.8. The van der Waals surface area contributed by atoms with Gasteiger partial charge in [-0.2, -0.15) is 4.31 Å². The maximum absolute atomic E-state index is 14.0. The molecule has 3 aromatic rings. The van der Waals surface area contributed by atoms with Crippen LogP contribution in [0.3, 0.4) is 0 Å². The lowest BCUT2D eigenvalue weighted by atomic mass is 10.00. The molecule has 0 aromatic heterocycles. The number of sulfonamides is 1. The van der Waals surface area contributed by atoms with E-state index in [9.17, 15) is 28.0 Å². The number of aliphatic hydroxyl groups excluding tert-OH is 2. The lowest BCUT2D eigenvalue weighted by molar-refractivity contribution is -0.109. The van der Waals surface area contributed by atoms with Gasteiger partial charge >= 0.3 is 13.6 Å². The van der Waals surface area contributed by atoms with Crippen molar-refractivity contribution in [2.45, 2.75) is 88.8 Å². The van der Waals surface area contributed by atoms with Gasteiger partial charge in [0.15, 0.2) is 12.6 Å². The molecule has 2 heterocycles. The van der Waals surface area contributed by atoms with Gasteiger partial charge in [0, 0.05) is 32.8 Å². The molecule has 0 spiro atoms. The van der Waals surface area contributed by atoms with Gasteiger partial charge in [-0.1, -0.05) is 56.3 Å². The highest BCUT2D eigenvalue weighted by molar-refractivity contribution is 7.89. The van der Waals surface area contributed by atoms with Crippen LogP contribution in [0.5, 0.6) is 11.5 Å². The van der Waals surface area contributed by atoms with Gasteiger partial charge < -0.3 is 49.1 Å². The zero-order chi connectivity index (χ0) is 43.3. The molecule has 18 heteroatoms. The Balaban J connectivity index is 1.25. The summed E-state index contributed by atoms with van der Waals surface area (Å²) in [5.74, 6) is 0.786. The Hall–Kier alpha value is -3.61. The Bertz CT molecular complexity index is 1930. The summed E-state index contributed by atoms with van der Waals surface area (Å²) in [4.78, 5) is 13.4. The maximum atomic E-state index is 14.0. The predicted molar refractivity (Wildman–Crippen MR) is 225 cm³/mol. The summed E-state index contributed by atoms with van der Waals surface area (Å²) < 4.78 is 76.4. The van der Waals surface area contributed by atoms with Crippen LogP contribution in [0.2, 0.25) is 0 Å². The maximum Gasteiger partial charge on any atom is 0.407 e. The van der Waals surface area contributed by atoms with Crippen molar-refractivity contribution in [2.75, 3.05) is 52.7 Å².